The Bertz CT molecular complexity index is 436. The number of rotatable bonds is 4. The molecule has 1 aliphatic rings. The molecule has 1 atom stereocenters. The summed E-state index contributed by atoms with van der Waals surface area (Å²) in [7, 11) is 0. The van der Waals surface area contributed by atoms with Crippen LogP contribution in [-0.4, -0.2) is 48.7 Å². The van der Waals surface area contributed by atoms with Crippen molar-refractivity contribution in [1.29, 1.82) is 0 Å². The summed E-state index contributed by atoms with van der Waals surface area (Å²) in [5.41, 5.74) is 2.03. The Morgan fingerprint density at radius 3 is 3.21 bits per heavy atom. The minimum Gasteiger partial charge on any atom is -0.372 e. The second-order valence-electron chi connectivity index (χ2n) is 4.57. The van der Waals surface area contributed by atoms with Crippen molar-refractivity contribution in [3.63, 3.8) is 0 Å². The van der Waals surface area contributed by atoms with Crippen LogP contribution in [0.25, 0.3) is 0 Å². The van der Waals surface area contributed by atoms with E-state index in [0.717, 1.165) is 11.3 Å². The molecule has 1 fully saturated rings. The lowest BCUT2D eigenvalue weighted by Gasteiger charge is -2.33. The van der Waals surface area contributed by atoms with E-state index in [1.54, 1.807) is 11.1 Å². The number of aromatic nitrogens is 1. The van der Waals surface area contributed by atoms with Crippen molar-refractivity contribution in [2.45, 2.75) is 20.0 Å². The van der Waals surface area contributed by atoms with E-state index in [9.17, 15) is 4.79 Å². The molecule has 104 valence electrons. The van der Waals surface area contributed by atoms with Gasteiger partial charge in [-0.25, -0.2) is 0 Å². The van der Waals surface area contributed by atoms with Gasteiger partial charge in [-0.05, 0) is 31.5 Å². The topological polar surface area (TPSA) is 51.7 Å². The summed E-state index contributed by atoms with van der Waals surface area (Å²) in [6, 6.07) is 3.94. The molecule has 0 bridgehead atoms. The van der Waals surface area contributed by atoms with Crippen LogP contribution in [-0.2, 0) is 14.3 Å². The fourth-order valence-electron chi connectivity index (χ4n) is 2.13. The molecular formula is C14H20N2O3. The lowest BCUT2D eigenvalue weighted by Crippen LogP contribution is -2.43. The van der Waals surface area contributed by atoms with Crippen molar-refractivity contribution in [1.82, 2.24) is 9.88 Å². The molecule has 19 heavy (non-hydrogen) atoms. The van der Waals surface area contributed by atoms with Gasteiger partial charge in [0.2, 0.25) is 5.91 Å². The van der Waals surface area contributed by atoms with Gasteiger partial charge in [0.1, 0.15) is 12.7 Å². The highest BCUT2D eigenvalue weighted by atomic mass is 16.5. The molecule has 0 spiro atoms. The van der Waals surface area contributed by atoms with Gasteiger partial charge in [0.15, 0.2) is 0 Å². The zero-order chi connectivity index (χ0) is 13.7. The predicted octanol–water partition coefficient (Wildman–Crippen LogP) is 1.33. The van der Waals surface area contributed by atoms with Gasteiger partial charge in [-0.3, -0.25) is 9.78 Å². The molecule has 0 radical (unpaired) electrons. The first-order valence-corrected chi connectivity index (χ1v) is 6.60. The fraction of sp³-hybridized carbons (Fsp3) is 0.571. The van der Waals surface area contributed by atoms with Crippen LogP contribution in [0.3, 0.4) is 0 Å². The van der Waals surface area contributed by atoms with Crippen LogP contribution in [0.2, 0.25) is 0 Å². The average molecular weight is 264 g/mol. The van der Waals surface area contributed by atoms with Gasteiger partial charge in [-0.15, -0.1) is 0 Å². The van der Waals surface area contributed by atoms with Gasteiger partial charge in [0, 0.05) is 25.0 Å². The molecule has 2 heterocycles. The van der Waals surface area contributed by atoms with Gasteiger partial charge in [0.25, 0.3) is 0 Å². The maximum absolute atomic E-state index is 11.9. The molecule has 1 saturated heterocycles. The van der Waals surface area contributed by atoms with E-state index in [1.807, 2.05) is 26.0 Å². The Balaban J connectivity index is 1.99. The number of nitrogens with zero attached hydrogens (tertiary/aromatic N) is 2. The summed E-state index contributed by atoms with van der Waals surface area (Å²) in [6.07, 6.45) is 1.70. The third-order valence-electron chi connectivity index (χ3n) is 3.14. The summed E-state index contributed by atoms with van der Waals surface area (Å²) < 4.78 is 10.9. The second kappa shape index (κ2) is 6.63. The van der Waals surface area contributed by atoms with E-state index in [2.05, 4.69) is 4.98 Å². The van der Waals surface area contributed by atoms with Crippen LogP contribution in [0.15, 0.2) is 18.3 Å². The van der Waals surface area contributed by atoms with Crippen molar-refractivity contribution in [3.8, 4) is 0 Å². The zero-order valence-corrected chi connectivity index (χ0v) is 11.5. The zero-order valence-electron chi connectivity index (χ0n) is 11.5. The molecule has 0 N–H and O–H groups in total. The lowest BCUT2D eigenvalue weighted by atomic mass is 10.1. The Hall–Kier alpha value is -1.46. The van der Waals surface area contributed by atoms with Crippen LogP contribution >= 0.6 is 0 Å². The molecule has 0 aromatic carbocycles. The predicted molar refractivity (Wildman–Crippen MR) is 70.7 cm³/mol. The molecule has 2 rings (SSSR count). The highest BCUT2D eigenvalue weighted by molar-refractivity contribution is 5.77. The fourth-order valence-corrected chi connectivity index (χ4v) is 2.13. The quantitative estimate of drug-likeness (QED) is 0.823. The van der Waals surface area contributed by atoms with Gasteiger partial charge >= 0.3 is 0 Å². The highest BCUT2D eigenvalue weighted by Gasteiger charge is 2.25. The molecule has 0 saturated carbocycles. The number of hydrogen-bond donors (Lipinski definition) is 0. The van der Waals surface area contributed by atoms with Crippen LogP contribution in [0, 0.1) is 6.92 Å². The molecule has 5 heteroatoms. The Kier molecular flexibility index (Phi) is 4.87. The minimum atomic E-state index is -0.0685. The third-order valence-corrected chi connectivity index (χ3v) is 3.14. The Morgan fingerprint density at radius 2 is 2.47 bits per heavy atom. The summed E-state index contributed by atoms with van der Waals surface area (Å²) in [4.78, 5) is 17.9. The molecule has 1 aliphatic heterocycles. The number of amides is 1. The minimum absolute atomic E-state index is 0.0286. The first kappa shape index (κ1) is 14.0. The van der Waals surface area contributed by atoms with Crippen LogP contribution in [0.1, 0.15) is 24.3 Å². The van der Waals surface area contributed by atoms with Crippen molar-refractivity contribution < 1.29 is 14.3 Å². The first-order chi connectivity index (χ1) is 9.20. The smallest absolute Gasteiger partial charge is 0.248 e. The molecule has 1 aromatic rings. The highest BCUT2D eigenvalue weighted by Crippen LogP contribution is 2.22. The van der Waals surface area contributed by atoms with E-state index in [0.29, 0.717) is 26.3 Å². The third kappa shape index (κ3) is 3.75. The summed E-state index contributed by atoms with van der Waals surface area (Å²) in [5, 5.41) is 0. The van der Waals surface area contributed by atoms with Gasteiger partial charge < -0.3 is 14.4 Å². The Labute approximate surface area is 113 Å². The number of ether oxygens (including phenoxy) is 2. The summed E-state index contributed by atoms with van der Waals surface area (Å²) in [6.45, 7) is 6.31. The van der Waals surface area contributed by atoms with Crippen molar-refractivity contribution in [2.75, 3.05) is 32.9 Å². The average Bonchev–Trinajstić information content (AvgIpc) is 2.45. The number of pyridine rings is 1. The van der Waals surface area contributed by atoms with Crippen LogP contribution in [0.4, 0.5) is 0 Å². The van der Waals surface area contributed by atoms with Crippen molar-refractivity contribution in [3.05, 3.63) is 29.6 Å². The van der Waals surface area contributed by atoms with E-state index in [-0.39, 0.29) is 18.6 Å². The normalized spacial score (nSPS) is 19.5. The lowest BCUT2D eigenvalue weighted by molar-refractivity contribution is -0.143. The molecule has 5 nitrogen and oxygen atoms in total. The van der Waals surface area contributed by atoms with Crippen LogP contribution in [0.5, 0.6) is 0 Å². The molecule has 1 aromatic heterocycles. The maximum Gasteiger partial charge on any atom is 0.248 e. The van der Waals surface area contributed by atoms with E-state index < -0.39 is 0 Å². The van der Waals surface area contributed by atoms with E-state index in [1.165, 1.54) is 0 Å². The maximum atomic E-state index is 11.9. The van der Waals surface area contributed by atoms with Gasteiger partial charge in [-0.1, -0.05) is 0 Å². The number of morpholine rings is 1. The summed E-state index contributed by atoms with van der Waals surface area (Å²) >= 11 is 0. The number of carbonyl (C=O) groups excluding carboxylic acids is 1. The van der Waals surface area contributed by atoms with Crippen molar-refractivity contribution >= 4 is 5.91 Å². The van der Waals surface area contributed by atoms with Crippen molar-refractivity contribution in [2.24, 2.45) is 0 Å². The van der Waals surface area contributed by atoms with Gasteiger partial charge in [-0.2, -0.15) is 0 Å². The van der Waals surface area contributed by atoms with E-state index >= 15 is 0 Å². The monoisotopic (exact) mass is 264 g/mol. The summed E-state index contributed by atoms with van der Waals surface area (Å²) in [5.74, 6) is 0.0286. The van der Waals surface area contributed by atoms with Crippen LogP contribution < -0.4 is 0 Å². The SMILES string of the molecule is CCOCC(=O)N1CCOC(c2ccnc(C)c2)C1. The molecule has 1 amide bonds. The first-order valence-electron chi connectivity index (χ1n) is 6.60. The Morgan fingerprint density at radius 1 is 1.63 bits per heavy atom. The standard InChI is InChI=1S/C14H20N2O3/c1-3-18-10-14(17)16-6-7-19-13(9-16)12-4-5-15-11(2)8-12/h4-5,8,13H,3,6-7,9-10H2,1-2H3. The molecule has 1 unspecified atom stereocenters. The molecule has 0 aliphatic carbocycles. The van der Waals surface area contributed by atoms with E-state index in [4.69, 9.17) is 9.47 Å². The number of aryl methyl sites for hydroxylation is 1. The molecular weight excluding hydrogens is 244 g/mol. The van der Waals surface area contributed by atoms with Gasteiger partial charge in [0.05, 0.1) is 13.2 Å². The number of hydrogen-bond acceptors (Lipinski definition) is 4. The second-order valence-corrected chi connectivity index (χ2v) is 4.57. The largest absolute Gasteiger partial charge is 0.372 e. The number of carbonyl (C=O) groups is 1.